The van der Waals surface area contributed by atoms with Crippen LogP contribution < -0.4 is 4.74 Å². The van der Waals surface area contributed by atoms with E-state index in [0.717, 1.165) is 38.9 Å². The molecule has 132 valence electrons. The van der Waals surface area contributed by atoms with Crippen molar-refractivity contribution in [2.45, 2.75) is 38.9 Å². The van der Waals surface area contributed by atoms with Crippen molar-refractivity contribution < 1.29 is 9.53 Å². The lowest BCUT2D eigenvalue weighted by atomic mass is 10.2. The van der Waals surface area contributed by atoms with Crippen molar-refractivity contribution in [1.82, 2.24) is 14.5 Å². The Morgan fingerprint density at radius 2 is 2.08 bits per heavy atom. The predicted octanol–water partition coefficient (Wildman–Crippen LogP) is 4.55. The number of imidazole rings is 1. The van der Waals surface area contributed by atoms with Crippen molar-refractivity contribution in [3.63, 3.8) is 0 Å². The molecule has 0 radical (unpaired) electrons. The van der Waals surface area contributed by atoms with Crippen LogP contribution in [0.2, 0.25) is 0 Å². The molecule has 25 heavy (non-hydrogen) atoms. The van der Waals surface area contributed by atoms with Crippen LogP contribution in [0.5, 0.6) is 5.75 Å². The largest absolute Gasteiger partial charge is 0.497 e. The lowest BCUT2D eigenvalue weighted by Gasteiger charge is -2.13. The number of fused-ring (bicyclic) bond motifs is 1. The van der Waals surface area contributed by atoms with Crippen LogP contribution in [0.25, 0.3) is 11.0 Å². The number of thioether (sulfide) groups is 1. The lowest BCUT2D eigenvalue weighted by Crippen LogP contribution is -2.08. The molecule has 0 saturated carbocycles. The number of carbonyl (C=O) groups excluding carboxylic acids is 1. The Morgan fingerprint density at radius 3 is 2.72 bits per heavy atom. The van der Waals surface area contributed by atoms with Crippen molar-refractivity contribution in [1.29, 1.82) is 0 Å². The summed E-state index contributed by atoms with van der Waals surface area (Å²) in [4.78, 5) is 20.4. The van der Waals surface area contributed by atoms with E-state index in [-0.39, 0.29) is 5.78 Å². The molecule has 0 aliphatic carbocycles. The minimum absolute atomic E-state index is 0.128. The van der Waals surface area contributed by atoms with Gasteiger partial charge in [0.25, 0.3) is 0 Å². The Kier molecular flexibility index (Phi) is 4.90. The maximum Gasteiger partial charge on any atom is 0.175 e. The number of hydrogen-bond acceptors (Lipinski definition) is 4. The van der Waals surface area contributed by atoms with Gasteiger partial charge >= 0.3 is 0 Å². The van der Waals surface area contributed by atoms with Gasteiger partial charge in [-0.05, 0) is 45.9 Å². The van der Waals surface area contributed by atoms with E-state index in [1.165, 1.54) is 11.8 Å². The van der Waals surface area contributed by atoms with Gasteiger partial charge in [-0.3, -0.25) is 4.79 Å². The smallest absolute Gasteiger partial charge is 0.175 e. The highest BCUT2D eigenvalue weighted by molar-refractivity contribution is 7.99. The summed E-state index contributed by atoms with van der Waals surface area (Å²) >= 11 is 1.43. The van der Waals surface area contributed by atoms with E-state index < -0.39 is 0 Å². The maximum atomic E-state index is 12.6. The van der Waals surface area contributed by atoms with Gasteiger partial charge in [0.05, 0.1) is 23.9 Å². The number of methoxy groups -OCH3 is 1. The van der Waals surface area contributed by atoms with Crippen LogP contribution in [0, 0.1) is 13.8 Å². The molecule has 1 aromatic carbocycles. The molecule has 0 bridgehead atoms. The number of H-pyrrole nitrogens is 1. The van der Waals surface area contributed by atoms with Crippen LogP contribution in [0.4, 0.5) is 0 Å². The van der Waals surface area contributed by atoms with Crippen molar-refractivity contribution in [2.24, 2.45) is 0 Å². The van der Waals surface area contributed by atoms with Gasteiger partial charge in [-0.25, -0.2) is 4.98 Å². The SMILES string of the molecule is COc1ccc2nc(SCC(=O)c3cc(C)n(C(C)C)c3C)[nH]c2c1. The summed E-state index contributed by atoms with van der Waals surface area (Å²) in [5, 5.41) is 0.745. The molecular weight excluding hydrogens is 334 g/mol. The molecular formula is C19H23N3O2S. The Morgan fingerprint density at radius 1 is 1.32 bits per heavy atom. The molecule has 0 aliphatic rings. The van der Waals surface area contributed by atoms with Gasteiger partial charge < -0.3 is 14.3 Å². The highest BCUT2D eigenvalue weighted by Crippen LogP contribution is 2.25. The number of carbonyl (C=O) groups is 1. The zero-order valence-corrected chi connectivity index (χ0v) is 16.0. The number of benzene rings is 1. The summed E-state index contributed by atoms with van der Waals surface area (Å²) in [5.41, 5.74) is 4.74. The Labute approximate surface area is 151 Å². The molecule has 0 unspecified atom stereocenters. The molecule has 0 amide bonds. The lowest BCUT2D eigenvalue weighted by molar-refractivity contribution is 0.102. The van der Waals surface area contributed by atoms with Crippen LogP contribution >= 0.6 is 11.8 Å². The molecule has 0 saturated heterocycles. The average Bonchev–Trinajstić information content (AvgIpc) is 3.11. The van der Waals surface area contributed by atoms with Crippen LogP contribution in [-0.2, 0) is 0 Å². The summed E-state index contributed by atoms with van der Waals surface area (Å²) in [6.07, 6.45) is 0. The van der Waals surface area contributed by atoms with E-state index >= 15 is 0 Å². The first kappa shape index (κ1) is 17.6. The zero-order chi connectivity index (χ0) is 18.1. The van der Waals surface area contributed by atoms with Gasteiger partial charge in [-0.15, -0.1) is 0 Å². The fourth-order valence-corrected chi connectivity index (χ4v) is 3.99. The van der Waals surface area contributed by atoms with E-state index in [1.807, 2.05) is 38.1 Å². The molecule has 2 heterocycles. The number of nitrogens with one attached hydrogen (secondary N) is 1. The number of hydrogen-bond donors (Lipinski definition) is 1. The van der Waals surface area contributed by atoms with E-state index in [4.69, 9.17) is 4.74 Å². The van der Waals surface area contributed by atoms with Gasteiger partial charge in [0.1, 0.15) is 5.75 Å². The molecule has 5 nitrogen and oxygen atoms in total. The minimum atomic E-state index is 0.128. The molecule has 6 heteroatoms. The monoisotopic (exact) mass is 357 g/mol. The number of nitrogens with zero attached hydrogens (tertiary/aromatic N) is 2. The van der Waals surface area contributed by atoms with Crippen molar-refractivity contribution in [2.75, 3.05) is 12.9 Å². The summed E-state index contributed by atoms with van der Waals surface area (Å²) in [6, 6.07) is 8.03. The van der Waals surface area contributed by atoms with Gasteiger partial charge in [-0.2, -0.15) is 0 Å². The fourth-order valence-electron chi connectivity index (χ4n) is 3.23. The molecule has 3 aromatic rings. The normalized spacial score (nSPS) is 11.4. The summed E-state index contributed by atoms with van der Waals surface area (Å²) in [7, 11) is 1.64. The molecule has 1 N–H and O–H groups in total. The van der Waals surface area contributed by atoms with Crippen molar-refractivity contribution in [3.05, 3.63) is 41.2 Å². The maximum absolute atomic E-state index is 12.6. The van der Waals surface area contributed by atoms with E-state index in [1.54, 1.807) is 7.11 Å². The highest BCUT2D eigenvalue weighted by Gasteiger charge is 2.17. The number of aromatic amines is 1. The highest BCUT2D eigenvalue weighted by atomic mass is 32.2. The molecule has 0 spiro atoms. The summed E-state index contributed by atoms with van der Waals surface area (Å²) in [6.45, 7) is 8.32. The van der Waals surface area contributed by atoms with Crippen molar-refractivity contribution in [3.8, 4) is 5.75 Å². The van der Waals surface area contributed by atoms with Gasteiger partial charge in [0.15, 0.2) is 10.9 Å². The summed E-state index contributed by atoms with van der Waals surface area (Å²) < 4.78 is 7.42. The van der Waals surface area contributed by atoms with Crippen LogP contribution in [-0.4, -0.2) is 33.2 Å². The summed E-state index contributed by atoms with van der Waals surface area (Å²) in [5.74, 6) is 1.27. The third-order valence-electron chi connectivity index (χ3n) is 4.31. The Hall–Kier alpha value is -2.21. The Balaban J connectivity index is 1.75. The molecule has 0 fully saturated rings. The van der Waals surface area contributed by atoms with Gasteiger partial charge in [-0.1, -0.05) is 11.8 Å². The third-order valence-corrected chi connectivity index (χ3v) is 5.18. The number of ketones is 1. The van der Waals surface area contributed by atoms with E-state index in [9.17, 15) is 4.79 Å². The van der Waals surface area contributed by atoms with Gasteiger partial charge in [0, 0.05) is 29.1 Å². The minimum Gasteiger partial charge on any atom is -0.497 e. The second-order valence-electron chi connectivity index (χ2n) is 6.39. The number of ether oxygens (including phenoxy) is 1. The first-order valence-electron chi connectivity index (χ1n) is 8.29. The number of aryl methyl sites for hydroxylation is 1. The van der Waals surface area contributed by atoms with Crippen LogP contribution in [0.15, 0.2) is 29.4 Å². The topological polar surface area (TPSA) is 59.9 Å². The average molecular weight is 357 g/mol. The molecule has 0 aliphatic heterocycles. The second kappa shape index (κ2) is 6.96. The molecule has 3 rings (SSSR count). The first-order valence-corrected chi connectivity index (χ1v) is 9.27. The van der Waals surface area contributed by atoms with Crippen LogP contribution in [0.3, 0.4) is 0 Å². The van der Waals surface area contributed by atoms with E-state index in [0.29, 0.717) is 11.8 Å². The zero-order valence-electron chi connectivity index (χ0n) is 15.2. The number of aromatic nitrogens is 3. The first-order chi connectivity index (χ1) is 11.9. The Bertz CT molecular complexity index is 924. The quantitative estimate of drug-likeness (QED) is 0.519. The fraction of sp³-hybridized carbons (Fsp3) is 0.368. The predicted molar refractivity (Wildman–Crippen MR) is 102 cm³/mol. The van der Waals surface area contributed by atoms with Gasteiger partial charge in [0.2, 0.25) is 0 Å². The van der Waals surface area contributed by atoms with Crippen molar-refractivity contribution >= 4 is 28.6 Å². The number of rotatable bonds is 6. The second-order valence-corrected chi connectivity index (χ2v) is 7.35. The molecule has 2 aromatic heterocycles. The van der Waals surface area contributed by atoms with Crippen LogP contribution in [0.1, 0.15) is 41.6 Å². The van der Waals surface area contributed by atoms with E-state index in [2.05, 4.69) is 28.4 Å². The third kappa shape index (κ3) is 3.44. The standard InChI is InChI=1S/C19H23N3O2S/c1-11(2)22-12(3)8-15(13(22)4)18(23)10-25-19-20-16-7-6-14(24-5)9-17(16)21-19/h6-9,11H,10H2,1-5H3,(H,20,21). The molecule has 0 atom stereocenters. The number of Topliss-reactive ketones (excluding diaryl/α,β-unsaturated/α-hetero) is 1.